The van der Waals surface area contributed by atoms with Crippen molar-refractivity contribution in [3.63, 3.8) is 0 Å². The molecule has 2 aromatic carbocycles. The summed E-state index contributed by atoms with van der Waals surface area (Å²) >= 11 is 6.43. The predicted molar refractivity (Wildman–Crippen MR) is 102 cm³/mol. The predicted octanol–water partition coefficient (Wildman–Crippen LogP) is 3.97. The fourth-order valence-electron chi connectivity index (χ4n) is 4.19. The van der Waals surface area contributed by atoms with Crippen LogP contribution in [-0.2, 0) is 6.42 Å². The Hall–Kier alpha value is -1.55. The van der Waals surface area contributed by atoms with E-state index >= 15 is 0 Å². The van der Waals surface area contributed by atoms with E-state index in [0.29, 0.717) is 17.0 Å². The fraction of sp³-hybridized carbons (Fsp3) is 0.429. The zero-order chi connectivity index (χ0) is 17.4. The smallest absolute Gasteiger partial charge is 0.140 e. The summed E-state index contributed by atoms with van der Waals surface area (Å²) in [6.45, 7) is 4.98. The third kappa shape index (κ3) is 3.29. The molecule has 0 bridgehead atoms. The minimum Gasteiger partial charge on any atom is -0.483 e. The molecule has 1 heterocycles. The van der Waals surface area contributed by atoms with Gasteiger partial charge >= 0.3 is 0 Å². The molecule has 2 N–H and O–H groups in total. The molecule has 1 aliphatic heterocycles. The Morgan fingerprint density at radius 1 is 1.24 bits per heavy atom. The number of nitrogens with two attached hydrogens (primary N) is 1. The summed E-state index contributed by atoms with van der Waals surface area (Å²) < 4.78 is 6.48. The largest absolute Gasteiger partial charge is 0.483 e. The monoisotopic (exact) mass is 356 g/mol. The van der Waals surface area contributed by atoms with Crippen LogP contribution in [0.15, 0.2) is 42.5 Å². The lowest BCUT2D eigenvalue weighted by Crippen LogP contribution is -2.39. The quantitative estimate of drug-likeness (QED) is 0.900. The minimum atomic E-state index is 0.0212. The van der Waals surface area contributed by atoms with Crippen LogP contribution >= 0.6 is 11.6 Å². The van der Waals surface area contributed by atoms with E-state index < -0.39 is 0 Å². The highest BCUT2D eigenvalue weighted by atomic mass is 35.5. The molecule has 2 aliphatic rings. The maximum absolute atomic E-state index is 6.48. The van der Waals surface area contributed by atoms with E-state index in [9.17, 15) is 0 Å². The van der Waals surface area contributed by atoms with Crippen molar-refractivity contribution in [2.45, 2.75) is 31.9 Å². The Kier molecular flexibility index (Phi) is 4.72. The highest BCUT2D eigenvalue weighted by Gasteiger charge is 2.40. The summed E-state index contributed by atoms with van der Waals surface area (Å²) in [6.07, 6.45) is 2.23. The Labute approximate surface area is 154 Å². The molecule has 3 nitrogen and oxygen atoms in total. The fourth-order valence-corrected chi connectivity index (χ4v) is 4.47. The first-order chi connectivity index (χ1) is 12.2. The molecule has 0 aromatic heterocycles. The van der Waals surface area contributed by atoms with Crippen molar-refractivity contribution in [3.8, 4) is 5.75 Å². The summed E-state index contributed by atoms with van der Waals surface area (Å²) in [6, 6.07) is 15.0. The van der Waals surface area contributed by atoms with Crippen molar-refractivity contribution in [1.82, 2.24) is 4.90 Å². The van der Waals surface area contributed by atoms with Gasteiger partial charge in [0.25, 0.3) is 0 Å². The molecule has 1 saturated heterocycles. The van der Waals surface area contributed by atoms with Gasteiger partial charge in [0.05, 0.1) is 11.1 Å². The average Bonchev–Trinajstić information content (AvgIpc) is 3.22. The van der Waals surface area contributed by atoms with E-state index in [1.165, 1.54) is 17.5 Å². The van der Waals surface area contributed by atoms with E-state index in [2.05, 4.69) is 35.2 Å². The topological polar surface area (TPSA) is 38.5 Å². The minimum absolute atomic E-state index is 0.0212. The number of halogens is 1. The maximum Gasteiger partial charge on any atom is 0.140 e. The van der Waals surface area contributed by atoms with Crippen molar-refractivity contribution in [2.75, 3.05) is 19.6 Å². The first-order valence-electron chi connectivity index (χ1n) is 9.10. The summed E-state index contributed by atoms with van der Waals surface area (Å²) in [7, 11) is 0. The van der Waals surface area contributed by atoms with Crippen LogP contribution in [0.3, 0.4) is 0 Å². The van der Waals surface area contributed by atoms with Crippen LogP contribution < -0.4 is 10.5 Å². The van der Waals surface area contributed by atoms with Gasteiger partial charge in [-0.15, -0.1) is 0 Å². The molecule has 4 heteroatoms. The number of nitrogens with zero attached hydrogens (tertiary/aromatic N) is 1. The third-order valence-electron chi connectivity index (χ3n) is 5.60. The van der Waals surface area contributed by atoms with Crippen molar-refractivity contribution < 1.29 is 4.74 Å². The first kappa shape index (κ1) is 16.9. The molecular formula is C21H25ClN2O. The standard InChI is InChI=1S/C21H25ClN2O/c1-14-6-7-20(18(22)10-14)25-21-17-5-3-2-4-16(17)11-19(21)24-9-8-15(12-23)13-24/h2-7,10,15,19,21H,8-9,11-13,23H2,1H3/t15-,19+,21+/m0/s1. The lowest BCUT2D eigenvalue weighted by atomic mass is 10.1. The lowest BCUT2D eigenvalue weighted by molar-refractivity contribution is 0.0918. The molecule has 0 unspecified atom stereocenters. The Morgan fingerprint density at radius 3 is 2.84 bits per heavy atom. The molecule has 2 aromatic rings. The number of hydrogen-bond donors (Lipinski definition) is 1. The normalized spacial score (nSPS) is 26.0. The van der Waals surface area contributed by atoms with Gasteiger partial charge < -0.3 is 10.5 Å². The molecule has 0 amide bonds. The number of rotatable bonds is 4. The van der Waals surface area contributed by atoms with Gasteiger partial charge in [-0.1, -0.05) is 41.9 Å². The van der Waals surface area contributed by atoms with E-state index in [1.54, 1.807) is 0 Å². The van der Waals surface area contributed by atoms with Gasteiger partial charge in [-0.2, -0.15) is 0 Å². The zero-order valence-electron chi connectivity index (χ0n) is 14.6. The van der Waals surface area contributed by atoms with Crippen LogP contribution in [-0.4, -0.2) is 30.6 Å². The molecule has 4 rings (SSSR count). The molecule has 0 spiro atoms. The Morgan fingerprint density at radius 2 is 2.08 bits per heavy atom. The Balaban J connectivity index is 1.63. The maximum atomic E-state index is 6.48. The SMILES string of the molecule is Cc1ccc(O[C@@H]2c3ccccc3C[C@H]2N2CC[C@@H](CN)C2)c(Cl)c1. The number of likely N-dealkylation sites (tertiary alicyclic amines) is 1. The van der Waals surface area contributed by atoms with Crippen molar-refractivity contribution in [1.29, 1.82) is 0 Å². The molecule has 25 heavy (non-hydrogen) atoms. The zero-order valence-corrected chi connectivity index (χ0v) is 15.4. The molecule has 0 saturated carbocycles. The summed E-state index contributed by atoms with van der Waals surface area (Å²) in [5, 5.41) is 0.685. The van der Waals surface area contributed by atoms with Crippen LogP contribution in [0.2, 0.25) is 5.02 Å². The highest BCUT2D eigenvalue weighted by Crippen LogP contribution is 2.41. The van der Waals surface area contributed by atoms with Crippen LogP contribution in [0.25, 0.3) is 0 Å². The number of ether oxygens (including phenoxy) is 1. The molecule has 3 atom stereocenters. The second-order valence-electron chi connectivity index (χ2n) is 7.33. The Bertz CT molecular complexity index is 763. The van der Waals surface area contributed by atoms with Crippen LogP contribution in [0.1, 0.15) is 29.2 Å². The van der Waals surface area contributed by atoms with E-state index in [-0.39, 0.29) is 6.10 Å². The molecule has 0 radical (unpaired) electrons. The third-order valence-corrected chi connectivity index (χ3v) is 5.90. The molecule has 1 aliphatic carbocycles. The number of benzene rings is 2. The lowest BCUT2D eigenvalue weighted by Gasteiger charge is -2.30. The van der Waals surface area contributed by atoms with Gasteiger partial charge in [0.15, 0.2) is 0 Å². The summed E-state index contributed by atoms with van der Waals surface area (Å²) in [5.41, 5.74) is 9.72. The van der Waals surface area contributed by atoms with Crippen LogP contribution in [0, 0.1) is 12.8 Å². The number of aryl methyl sites for hydroxylation is 1. The van der Waals surface area contributed by atoms with Crippen LogP contribution in [0.4, 0.5) is 0 Å². The molecule has 1 fully saturated rings. The first-order valence-corrected chi connectivity index (χ1v) is 9.48. The van der Waals surface area contributed by atoms with Gasteiger partial charge in [0, 0.05) is 6.54 Å². The number of hydrogen-bond acceptors (Lipinski definition) is 3. The van der Waals surface area contributed by atoms with Gasteiger partial charge in [0.1, 0.15) is 11.9 Å². The van der Waals surface area contributed by atoms with Gasteiger partial charge in [-0.3, -0.25) is 4.90 Å². The number of fused-ring (bicyclic) bond motifs is 1. The second-order valence-corrected chi connectivity index (χ2v) is 7.74. The van der Waals surface area contributed by atoms with E-state index in [1.807, 2.05) is 19.1 Å². The second kappa shape index (κ2) is 6.99. The molecule has 132 valence electrons. The van der Waals surface area contributed by atoms with Gasteiger partial charge in [-0.25, -0.2) is 0 Å². The van der Waals surface area contributed by atoms with Gasteiger partial charge in [-0.05, 0) is 67.6 Å². The van der Waals surface area contributed by atoms with Crippen molar-refractivity contribution in [3.05, 3.63) is 64.2 Å². The highest BCUT2D eigenvalue weighted by molar-refractivity contribution is 6.32. The van der Waals surface area contributed by atoms with Gasteiger partial charge in [0.2, 0.25) is 0 Å². The van der Waals surface area contributed by atoms with Crippen molar-refractivity contribution >= 4 is 11.6 Å². The van der Waals surface area contributed by atoms with Crippen molar-refractivity contribution in [2.24, 2.45) is 11.7 Å². The van der Waals surface area contributed by atoms with Crippen LogP contribution in [0.5, 0.6) is 5.75 Å². The van der Waals surface area contributed by atoms with E-state index in [0.717, 1.165) is 37.4 Å². The average molecular weight is 357 g/mol. The van der Waals surface area contributed by atoms with E-state index in [4.69, 9.17) is 22.1 Å². The summed E-state index contributed by atoms with van der Waals surface area (Å²) in [4.78, 5) is 2.56. The summed E-state index contributed by atoms with van der Waals surface area (Å²) in [5.74, 6) is 1.38. The molecular weight excluding hydrogens is 332 g/mol.